The van der Waals surface area contributed by atoms with Crippen molar-refractivity contribution in [3.8, 4) is 0 Å². The number of aromatic nitrogens is 6. The lowest BCUT2D eigenvalue weighted by molar-refractivity contribution is -0.137. The van der Waals surface area contributed by atoms with Gasteiger partial charge in [0.25, 0.3) is 5.78 Å². The fraction of sp³-hybridized carbons (Fsp3) is 0.586. The number of fused-ring (bicyclic) bond motifs is 3. The number of rotatable bonds is 6. The smallest absolute Gasteiger partial charge is 0.376 e. The highest BCUT2D eigenvalue weighted by atomic mass is 19.4. The predicted octanol–water partition coefficient (Wildman–Crippen LogP) is 5.28. The molecule has 0 N–H and O–H groups in total. The van der Waals surface area contributed by atoms with Gasteiger partial charge in [0.15, 0.2) is 11.5 Å². The van der Waals surface area contributed by atoms with Crippen LogP contribution in [0.15, 0.2) is 30.6 Å². The molecule has 41 heavy (non-hydrogen) atoms. The van der Waals surface area contributed by atoms with Crippen molar-refractivity contribution in [2.75, 3.05) is 24.6 Å². The highest BCUT2D eigenvalue weighted by Crippen LogP contribution is 2.38. The summed E-state index contributed by atoms with van der Waals surface area (Å²) in [5.74, 6) is 2.26. The van der Waals surface area contributed by atoms with Crippen LogP contribution in [0.2, 0.25) is 0 Å². The van der Waals surface area contributed by atoms with Crippen LogP contribution >= 0.6 is 0 Å². The van der Waals surface area contributed by atoms with Gasteiger partial charge in [-0.25, -0.2) is 9.38 Å². The molecule has 0 radical (unpaired) electrons. The van der Waals surface area contributed by atoms with Gasteiger partial charge < -0.3 is 14.2 Å². The van der Waals surface area contributed by atoms with Crippen LogP contribution in [0, 0.1) is 12.8 Å². The molecule has 2 fully saturated rings. The van der Waals surface area contributed by atoms with Gasteiger partial charge in [-0.2, -0.15) is 18.2 Å². The second kappa shape index (κ2) is 10.5. The van der Waals surface area contributed by atoms with E-state index in [-0.39, 0.29) is 30.1 Å². The van der Waals surface area contributed by atoms with E-state index < -0.39 is 11.7 Å². The zero-order chi connectivity index (χ0) is 29.1. The maximum absolute atomic E-state index is 13.6. The monoisotopic (exact) mass is 570 g/mol. The van der Waals surface area contributed by atoms with E-state index in [1.165, 1.54) is 12.1 Å². The number of piperazine rings is 1. The van der Waals surface area contributed by atoms with E-state index in [1.54, 1.807) is 6.33 Å². The van der Waals surface area contributed by atoms with E-state index in [1.807, 2.05) is 17.4 Å². The van der Waals surface area contributed by atoms with Gasteiger partial charge in [-0.1, -0.05) is 26.0 Å². The topological polar surface area (TPSA) is 76.6 Å². The molecule has 5 heterocycles. The summed E-state index contributed by atoms with van der Waals surface area (Å²) in [5.41, 5.74) is 1.77. The average Bonchev–Trinajstić information content (AvgIpc) is 3.66. The maximum Gasteiger partial charge on any atom is 0.416 e. The molecule has 2 aliphatic rings. The Labute approximate surface area is 237 Å². The number of hydrogen-bond donors (Lipinski definition) is 0. The fourth-order valence-electron chi connectivity index (χ4n) is 6.65. The Kier molecular flexibility index (Phi) is 7.17. The molecule has 1 aromatic carbocycles. The van der Waals surface area contributed by atoms with Gasteiger partial charge in [-0.15, -0.1) is 10.2 Å². The van der Waals surface area contributed by atoms with E-state index in [9.17, 15) is 13.2 Å². The van der Waals surface area contributed by atoms with Crippen molar-refractivity contribution in [3.05, 3.63) is 47.5 Å². The van der Waals surface area contributed by atoms with Crippen molar-refractivity contribution >= 4 is 22.8 Å². The van der Waals surface area contributed by atoms with Crippen LogP contribution in [-0.2, 0) is 17.5 Å². The summed E-state index contributed by atoms with van der Waals surface area (Å²) in [7, 11) is 0. The number of ether oxygens (including phenoxy) is 1. The molecule has 3 aromatic heterocycles. The van der Waals surface area contributed by atoms with Crippen LogP contribution in [0.5, 0.6) is 0 Å². The molecular weight excluding hydrogens is 533 g/mol. The lowest BCUT2D eigenvalue weighted by Crippen LogP contribution is -2.58. The van der Waals surface area contributed by atoms with Crippen molar-refractivity contribution in [3.63, 3.8) is 0 Å². The van der Waals surface area contributed by atoms with Crippen LogP contribution in [0.1, 0.15) is 63.5 Å². The first-order chi connectivity index (χ1) is 19.5. The average molecular weight is 571 g/mol. The molecule has 0 spiro atoms. The zero-order valence-electron chi connectivity index (χ0n) is 24.1. The molecule has 4 aromatic rings. The molecule has 0 unspecified atom stereocenters. The van der Waals surface area contributed by atoms with Crippen molar-refractivity contribution < 1.29 is 17.9 Å². The second-order valence-electron chi connectivity index (χ2n) is 11.9. The molecule has 220 valence electrons. The van der Waals surface area contributed by atoms with Crippen molar-refractivity contribution in [1.29, 1.82) is 0 Å². The van der Waals surface area contributed by atoms with E-state index in [0.29, 0.717) is 31.0 Å². The third-order valence-electron chi connectivity index (χ3n) is 8.57. The van der Waals surface area contributed by atoms with E-state index in [2.05, 4.69) is 52.3 Å². The summed E-state index contributed by atoms with van der Waals surface area (Å²) in [6.07, 6.45) is -0.489. The van der Waals surface area contributed by atoms with Crippen LogP contribution < -0.4 is 4.90 Å². The quantitative estimate of drug-likeness (QED) is 0.312. The van der Waals surface area contributed by atoms with Crippen LogP contribution in [0.3, 0.4) is 0 Å². The molecule has 0 saturated carbocycles. The third kappa shape index (κ3) is 5.05. The SMILES string of the molecule is Cc1nc2c(N3C[C@@H](C)N([C@@H](c4cccc(C(F)(F)F)c4)C(C)C)C[C@@H]3C)nc3nncn3c2n1C[C@@H]1CCCO1. The van der Waals surface area contributed by atoms with Crippen molar-refractivity contribution in [1.82, 2.24) is 34.0 Å². The van der Waals surface area contributed by atoms with Gasteiger partial charge in [-0.05, 0) is 57.2 Å². The number of benzene rings is 1. The second-order valence-corrected chi connectivity index (χ2v) is 11.9. The molecule has 6 rings (SSSR count). The molecular formula is C29H37F3N8O. The predicted molar refractivity (Wildman–Crippen MR) is 150 cm³/mol. The van der Waals surface area contributed by atoms with E-state index in [0.717, 1.165) is 48.3 Å². The number of imidazole rings is 1. The first-order valence-electron chi connectivity index (χ1n) is 14.4. The molecule has 0 bridgehead atoms. The first-order valence-corrected chi connectivity index (χ1v) is 14.4. The highest BCUT2D eigenvalue weighted by Gasteiger charge is 2.38. The Morgan fingerprint density at radius 3 is 2.61 bits per heavy atom. The van der Waals surface area contributed by atoms with Gasteiger partial charge >= 0.3 is 6.18 Å². The Morgan fingerprint density at radius 2 is 1.90 bits per heavy atom. The first kappa shape index (κ1) is 27.9. The molecule has 0 aliphatic carbocycles. The van der Waals surface area contributed by atoms with Gasteiger partial charge in [0.05, 0.1) is 18.2 Å². The largest absolute Gasteiger partial charge is 0.416 e. The van der Waals surface area contributed by atoms with Gasteiger partial charge in [0.1, 0.15) is 17.7 Å². The van der Waals surface area contributed by atoms with E-state index in [4.69, 9.17) is 14.7 Å². The Hall–Kier alpha value is -3.25. The zero-order valence-corrected chi connectivity index (χ0v) is 24.1. The normalized spacial score (nSPS) is 23.3. The van der Waals surface area contributed by atoms with Crippen LogP contribution in [0.25, 0.3) is 16.9 Å². The summed E-state index contributed by atoms with van der Waals surface area (Å²) in [4.78, 5) is 14.5. The number of nitrogens with zero attached hydrogens (tertiary/aromatic N) is 8. The maximum atomic E-state index is 13.6. The highest BCUT2D eigenvalue weighted by molar-refractivity contribution is 5.87. The summed E-state index contributed by atoms with van der Waals surface area (Å²) in [5, 5.41) is 8.42. The Morgan fingerprint density at radius 1 is 1.10 bits per heavy atom. The number of alkyl halides is 3. The van der Waals surface area contributed by atoms with Crippen LogP contribution in [-0.4, -0.2) is 71.9 Å². The number of halogens is 3. The van der Waals surface area contributed by atoms with Crippen molar-refractivity contribution in [2.24, 2.45) is 5.92 Å². The van der Waals surface area contributed by atoms with Crippen molar-refractivity contribution in [2.45, 2.75) is 84.4 Å². The lowest BCUT2D eigenvalue weighted by Gasteiger charge is -2.49. The Balaban J connectivity index is 1.35. The fourth-order valence-corrected chi connectivity index (χ4v) is 6.65. The van der Waals surface area contributed by atoms with Gasteiger partial charge in [0, 0.05) is 37.8 Å². The minimum Gasteiger partial charge on any atom is -0.376 e. The molecule has 0 amide bonds. The van der Waals surface area contributed by atoms with E-state index >= 15 is 0 Å². The molecule has 12 heteroatoms. The minimum absolute atomic E-state index is 0.0305. The van der Waals surface area contributed by atoms with Gasteiger partial charge in [0.2, 0.25) is 0 Å². The summed E-state index contributed by atoms with van der Waals surface area (Å²) in [6, 6.07) is 5.71. The standard InChI is InChI=1S/C29H37F3N8O/c1-17(2)25(21-8-6-9-22(12-21)29(30,31)32)37-13-19(4)38(14-18(37)3)26-24-27(40-16-33-36-28(40)35-26)39(20(5)34-24)15-23-10-7-11-41-23/h6,8-9,12,16-19,23,25H,7,10-11,13-15H2,1-5H3/t18-,19+,23+,25-/m1/s1. The summed E-state index contributed by atoms with van der Waals surface area (Å²) < 4.78 is 50.7. The summed E-state index contributed by atoms with van der Waals surface area (Å²) in [6.45, 7) is 13.2. The van der Waals surface area contributed by atoms with Crippen LogP contribution in [0.4, 0.5) is 19.0 Å². The number of aryl methyl sites for hydroxylation is 1. The number of anilines is 1. The Bertz CT molecular complexity index is 1540. The minimum atomic E-state index is -4.38. The number of hydrogen-bond acceptors (Lipinski definition) is 7. The molecule has 4 atom stereocenters. The summed E-state index contributed by atoms with van der Waals surface area (Å²) >= 11 is 0. The molecule has 2 aliphatic heterocycles. The third-order valence-corrected chi connectivity index (χ3v) is 8.57. The molecule has 2 saturated heterocycles. The van der Waals surface area contributed by atoms with Gasteiger partial charge in [-0.3, -0.25) is 4.90 Å². The molecule has 9 nitrogen and oxygen atoms in total. The lowest BCUT2D eigenvalue weighted by atomic mass is 9.90.